The van der Waals surface area contributed by atoms with Gasteiger partial charge in [0.1, 0.15) is 5.75 Å². The van der Waals surface area contributed by atoms with Gasteiger partial charge in [-0.25, -0.2) is 0 Å². The minimum absolute atomic E-state index is 0.0233. The van der Waals surface area contributed by atoms with Gasteiger partial charge in [0.15, 0.2) is 0 Å². The van der Waals surface area contributed by atoms with Crippen LogP contribution in [-0.4, -0.2) is 58.6 Å². The van der Waals surface area contributed by atoms with E-state index in [0.717, 1.165) is 33.5 Å². The number of fused-ring (bicyclic) bond motifs is 2. The van der Waals surface area contributed by atoms with Crippen LogP contribution in [0.2, 0.25) is 0 Å². The number of carbonyl (C=O) groups is 2. The first-order chi connectivity index (χ1) is 22.3. The second-order valence-corrected chi connectivity index (χ2v) is 15.4. The number of ether oxygens (including phenoxy) is 5. The first kappa shape index (κ1) is 32.5. The number of ketones is 1. The Hall–Kier alpha value is -3.42. The summed E-state index contributed by atoms with van der Waals surface area (Å²) in [5.41, 5.74) is -0.360. The third-order valence-electron chi connectivity index (χ3n) is 9.69. The number of methoxy groups -OCH3 is 1. The number of Topliss-reactive ketones (excluding diaryl/α,β-unsaturated/α-hetero) is 1. The first-order valence-corrected chi connectivity index (χ1v) is 17.6. The fourth-order valence-corrected chi connectivity index (χ4v) is 8.76. The van der Waals surface area contributed by atoms with Gasteiger partial charge < -0.3 is 4.74 Å². The molecule has 1 spiro atoms. The molecule has 4 aliphatic rings. The van der Waals surface area contributed by atoms with Crippen LogP contribution in [0.4, 0.5) is 4.79 Å². The summed E-state index contributed by atoms with van der Waals surface area (Å²) in [7, 11) is 1.65. The van der Waals surface area contributed by atoms with Crippen molar-refractivity contribution in [1.29, 1.82) is 0 Å². The quantitative estimate of drug-likeness (QED) is 0.185. The molecule has 3 aliphatic carbocycles. The van der Waals surface area contributed by atoms with Crippen LogP contribution in [0.3, 0.4) is 0 Å². The predicted molar refractivity (Wildman–Crippen MR) is 176 cm³/mol. The van der Waals surface area contributed by atoms with Crippen molar-refractivity contribution in [3.05, 3.63) is 108 Å². The van der Waals surface area contributed by atoms with Crippen molar-refractivity contribution >= 4 is 30.1 Å². The average molecular weight is 690 g/mol. The van der Waals surface area contributed by atoms with Gasteiger partial charge in [-0.2, -0.15) is 0 Å². The monoisotopic (exact) mass is 690 g/mol. The molecule has 0 unspecified atom stereocenters. The first-order valence-electron chi connectivity index (χ1n) is 15.9. The maximum atomic E-state index is 14.2. The van der Waals surface area contributed by atoms with Crippen molar-refractivity contribution < 1.29 is 33.3 Å². The van der Waals surface area contributed by atoms with Crippen molar-refractivity contribution in [2.75, 3.05) is 26.9 Å². The fourth-order valence-electron chi connectivity index (χ4n) is 7.49. The van der Waals surface area contributed by atoms with E-state index in [1.807, 2.05) is 84.9 Å². The molecule has 0 N–H and O–H groups in total. The van der Waals surface area contributed by atoms with Crippen LogP contribution in [0, 0.1) is 22.2 Å². The maximum absolute atomic E-state index is 14.2. The molecule has 4 atom stereocenters. The van der Waals surface area contributed by atoms with E-state index in [1.165, 1.54) is 0 Å². The van der Waals surface area contributed by atoms with Gasteiger partial charge in [0, 0.05) is 0 Å². The van der Waals surface area contributed by atoms with E-state index < -0.39 is 37.3 Å². The fraction of sp³-hybridized carbons (Fsp3) is 0.421. The van der Waals surface area contributed by atoms with Gasteiger partial charge in [-0.1, -0.05) is 0 Å². The summed E-state index contributed by atoms with van der Waals surface area (Å²) >= 11 is -0.524. The minimum atomic E-state index is -0.939. The van der Waals surface area contributed by atoms with Gasteiger partial charge in [-0.3, -0.25) is 0 Å². The van der Waals surface area contributed by atoms with Crippen LogP contribution >= 0.6 is 0 Å². The molecule has 2 bridgehead atoms. The third kappa shape index (κ3) is 6.41. The van der Waals surface area contributed by atoms with Crippen LogP contribution in [-0.2, 0) is 37.0 Å². The van der Waals surface area contributed by atoms with Crippen LogP contribution in [0.5, 0.6) is 5.75 Å². The van der Waals surface area contributed by atoms with E-state index in [-0.39, 0.29) is 29.8 Å². The van der Waals surface area contributed by atoms with Gasteiger partial charge in [0.05, 0.1) is 7.11 Å². The zero-order valence-electron chi connectivity index (χ0n) is 26.7. The average Bonchev–Trinajstić information content (AvgIpc) is 3.37. The van der Waals surface area contributed by atoms with E-state index in [4.69, 9.17) is 23.7 Å². The number of hydrogen-bond acceptors (Lipinski definition) is 7. The molecule has 2 fully saturated rings. The second-order valence-electron chi connectivity index (χ2n) is 13.3. The Morgan fingerprint density at radius 3 is 2.28 bits per heavy atom. The molecule has 0 amide bonds. The Balaban J connectivity index is 1.30. The van der Waals surface area contributed by atoms with Crippen LogP contribution in [0.1, 0.15) is 44.2 Å². The number of carbonyl (C=O) groups excluding carboxylic acids is 2. The molecule has 46 heavy (non-hydrogen) atoms. The van der Waals surface area contributed by atoms with Crippen LogP contribution in [0.25, 0.3) is 0 Å². The van der Waals surface area contributed by atoms with Crippen LogP contribution < -0.4 is 9.20 Å². The number of rotatable bonds is 14. The predicted octanol–water partition coefficient (Wildman–Crippen LogP) is 6.26. The summed E-state index contributed by atoms with van der Waals surface area (Å²) in [4.78, 5) is 27.3. The van der Waals surface area contributed by atoms with Gasteiger partial charge in [0.2, 0.25) is 0 Å². The van der Waals surface area contributed by atoms with E-state index >= 15 is 0 Å². The van der Waals surface area contributed by atoms with Crippen molar-refractivity contribution in [2.24, 2.45) is 22.2 Å². The van der Waals surface area contributed by atoms with Crippen LogP contribution in [0.15, 0.2) is 96.8 Å². The van der Waals surface area contributed by atoms with Crippen molar-refractivity contribution in [3.63, 3.8) is 0 Å². The Morgan fingerprint density at radius 2 is 1.59 bits per heavy atom. The number of benzene rings is 3. The van der Waals surface area contributed by atoms with Gasteiger partial charge in [-0.15, -0.1) is 0 Å². The molecule has 0 radical (unpaired) electrons. The molecule has 8 heteroatoms. The Labute approximate surface area is 277 Å². The topological polar surface area (TPSA) is 80.3 Å². The Morgan fingerprint density at radius 1 is 0.913 bits per heavy atom. The van der Waals surface area contributed by atoms with E-state index in [1.54, 1.807) is 7.11 Å². The molecule has 7 rings (SSSR count). The molecular weight excluding hydrogens is 647 g/mol. The normalized spacial score (nSPS) is 25.0. The molecule has 1 saturated heterocycles. The zero-order chi connectivity index (χ0) is 32.2. The van der Waals surface area contributed by atoms with Gasteiger partial charge >= 0.3 is 261 Å². The molecule has 7 nitrogen and oxygen atoms in total. The summed E-state index contributed by atoms with van der Waals surface area (Å²) in [6.07, 6.45) is 3.66. The van der Waals surface area contributed by atoms with E-state index in [2.05, 4.69) is 19.9 Å². The molecule has 1 heterocycles. The summed E-state index contributed by atoms with van der Waals surface area (Å²) in [5.74, 6) is 1.85. The van der Waals surface area contributed by atoms with Gasteiger partial charge in [-0.05, 0) is 0 Å². The van der Waals surface area contributed by atoms with Crippen molar-refractivity contribution in [1.82, 2.24) is 0 Å². The summed E-state index contributed by atoms with van der Waals surface area (Å²) in [6, 6.07) is 27.5. The molecule has 242 valence electrons. The third-order valence-corrected chi connectivity index (χ3v) is 11.4. The Bertz CT molecular complexity index is 1540. The molecule has 1 aliphatic heterocycles. The summed E-state index contributed by atoms with van der Waals surface area (Å²) < 4.78 is 32.2. The summed E-state index contributed by atoms with van der Waals surface area (Å²) in [6.45, 7) is 5.60. The van der Waals surface area contributed by atoms with E-state index in [9.17, 15) is 9.59 Å². The molecule has 3 aromatic rings. The van der Waals surface area contributed by atoms with Gasteiger partial charge in [0.25, 0.3) is 0 Å². The zero-order valence-corrected chi connectivity index (χ0v) is 28.5. The summed E-state index contributed by atoms with van der Waals surface area (Å²) in [5, 5.41) is 0. The standard InChI is InChI=1S/C38H42O7Se/c1-36(2,24-42-23-28-14-16-30(41-3)17-15-28)34-37(25-43-22-27-10-6-4-7-11-27,26-44-35(40)46-31-12-8-5-9-13-31)38-19-18-29(20-32(38)39)21-33(38)45-34/h4-17,21,29,34H,18-20,22-26H2,1-3H3/t29-,34+,37-,38-/m1/s1. The molecule has 3 aromatic carbocycles. The second kappa shape index (κ2) is 13.7. The number of hydrogen-bond donors (Lipinski definition) is 0. The molecule has 0 aromatic heterocycles. The number of allylic oxidation sites excluding steroid dienone is 2. The molecule has 1 saturated carbocycles. The SMILES string of the molecule is COc1ccc(COCC(C)(C)[C@@H]2OC3=C[C@@H]4CC[C@]3(C(=O)C4)[C@]2(COCc2ccccc2)COC(=O)[Se]c2ccccc2)cc1. The Kier molecular flexibility index (Phi) is 9.72. The van der Waals surface area contributed by atoms with Crippen molar-refractivity contribution in [2.45, 2.75) is 52.4 Å². The van der Waals surface area contributed by atoms with Crippen molar-refractivity contribution in [3.8, 4) is 5.75 Å². The van der Waals surface area contributed by atoms with E-state index in [0.29, 0.717) is 32.7 Å². The molecular formula is C38H42O7Se.